The molecule has 2 aromatic carbocycles. The Morgan fingerprint density at radius 3 is 2.71 bits per heavy atom. The fourth-order valence-corrected chi connectivity index (χ4v) is 6.31. The van der Waals surface area contributed by atoms with Gasteiger partial charge in [-0.15, -0.1) is 0 Å². The van der Waals surface area contributed by atoms with Crippen LogP contribution in [0, 0.1) is 0 Å². The molecule has 5 rings (SSSR count). The number of carbonyl (C=O) groups is 2. The van der Waals surface area contributed by atoms with E-state index in [1.807, 2.05) is 69.9 Å². The van der Waals surface area contributed by atoms with Crippen LogP contribution in [0.2, 0.25) is 0 Å². The number of ether oxygens (including phenoxy) is 3. The maximum absolute atomic E-state index is 14.0. The van der Waals surface area contributed by atoms with Gasteiger partial charge in [0.25, 0.3) is 0 Å². The van der Waals surface area contributed by atoms with E-state index in [1.165, 1.54) is 0 Å². The number of anilines is 1. The Morgan fingerprint density at radius 2 is 1.93 bits per heavy atom. The van der Waals surface area contributed by atoms with Gasteiger partial charge in [-0.1, -0.05) is 31.9 Å². The van der Waals surface area contributed by atoms with Crippen LogP contribution in [0.4, 0.5) is 10.5 Å². The van der Waals surface area contributed by atoms with E-state index >= 15 is 0 Å². The van der Waals surface area contributed by atoms with Gasteiger partial charge in [-0.25, -0.2) is 4.79 Å². The molecule has 10 heteroatoms. The Balaban J connectivity index is 1.30. The standard InChI is InChI=1S/C35H49N5O5/c1-6-7-8-19-45-33-21-28(12-13-32(33)43-5)39-17-14-26(2)40(35(39)42)22-27-10-9-11-31-30(27)15-16-37(31)25-34(41)38-18-20-44-29(24-38)23-36(3)4/h9-13,15-16,21,26,29H,6-8,14,17-20,22-25H2,1-5H3/t26-,29?/m1/s1. The number of unbranched alkanes of at least 4 members (excludes halogenated alkanes) is 2. The van der Waals surface area contributed by atoms with Gasteiger partial charge in [-0.3, -0.25) is 9.69 Å². The normalized spacial score (nSPS) is 19.1. The zero-order valence-electron chi connectivity index (χ0n) is 27.5. The maximum Gasteiger partial charge on any atom is 0.325 e. The Morgan fingerprint density at radius 1 is 1.09 bits per heavy atom. The fraction of sp³-hybridized carbons (Fsp3) is 0.543. The van der Waals surface area contributed by atoms with Crippen LogP contribution in [0.3, 0.4) is 0 Å². The number of amides is 3. The molecule has 1 unspecified atom stereocenters. The summed E-state index contributed by atoms with van der Waals surface area (Å²) in [6.07, 6.45) is 6.07. The first-order chi connectivity index (χ1) is 21.8. The van der Waals surface area contributed by atoms with Gasteiger partial charge >= 0.3 is 6.03 Å². The molecule has 3 aromatic rings. The molecule has 0 saturated carbocycles. The summed E-state index contributed by atoms with van der Waals surface area (Å²) in [4.78, 5) is 35.1. The van der Waals surface area contributed by atoms with E-state index in [0.717, 1.165) is 54.4 Å². The van der Waals surface area contributed by atoms with Gasteiger partial charge in [-0.05, 0) is 63.7 Å². The minimum Gasteiger partial charge on any atom is -0.493 e. The third-order valence-corrected chi connectivity index (χ3v) is 8.85. The molecular formula is C35H49N5O5. The minimum atomic E-state index is -0.0259. The Labute approximate surface area is 267 Å². The van der Waals surface area contributed by atoms with E-state index in [0.29, 0.717) is 50.9 Å². The molecule has 2 aliphatic heterocycles. The predicted molar refractivity (Wildman–Crippen MR) is 177 cm³/mol. The van der Waals surface area contributed by atoms with E-state index in [1.54, 1.807) is 7.11 Å². The van der Waals surface area contributed by atoms with Crippen LogP contribution < -0.4 is 14.4 Å². The van der Waals surface area contributed by atoms with Crippen molar-refractivity contribution >= 4 is 28.5 Å². The molecule has 1 aromatic heterocycles. The highest BCUT2D eigenvalue weighted by atomic mass is 16.5. The lowest BCUT2D eigenvalue weighted by Gasteiger charge is -2.40. The highest BCUT2D eigenvalue weighted by molar-refractivity contribution is 5.94. The topological polar surface area (TPSA) is 79.7 Å². The average Bonchev–Trinajstić information content (AvgIpc) is 3.44. The summed E-state index contributed by atoms with van der Waals surface area (Å²) in [7, 11) is 5.67. The van der Waals surface area contributed by atoms with Gasteiger partial charge in [-0.2, -0.15) is 0 Å². The summed E-state index contributed by atoms with van der Waals surface area (Å²) in [5.74, 6) is 1.42. The van der Waals surface area contributed by atoms with Crippen LogP contribution in [0.15, 0.2) is 48.7 Å². The minimum absolute atomic E-state index is 0.0252. The summed E-state index contributed by atoms with van der Waals surface area (Å²) < 4.78 is 19.5. The largest absolute Gasteiger partial charge is 0.493 e. The number of carbonyl (C=O) groups excluding carboxylic acids is 2. The molecule has 0 N–H and O–H groups in total. The van der Waals surface area contributed by atoms with E-state index in [9.17, 15) is 9.59 Å². The van der Waals surface area contributed by atoms with Gasteiger partial charge in [0.2, 0.25) is 5.91 Å². The molecule has 0 aliphatic carbocycles. The number of hydrogen-bond acceptors (Lipinski definition) is 6. The molecule has 0 radical (unpaired) electrons. The van der Waals surface area contributed by atoms with Gasteiger partial charge in [0, 0.05) is 67.6 Å². The smallest absolute Gasteiger partial charge is 0.325 e. The summed E-state index contributed by atoms with van der Waals surface area (Å²) in [5.41, 5.74) is 2.86. The summed E-state index contributed by atoms with van der Waals surface area (Å²) in [6.45, 7) is 8.85. The highest BCUT2D eigenvalue weighted by Crippen LogP contribution is 2.34. The molecule has 45 heavy (non-hydrogen) atoms. The fourth-order valence-electron chi connectivity index (χ4n) is 6.31. The third kappa shape index (κ3) is 7.73. The number of morpholine rings is 1. The Kier molecular flexibility index (Phi) is 10.9. The number of fused-ring (bicyclic) bond motifs is 1. The van der Waals surface area contributed by atoms with Crippen molar-refractivity contribution in [3.05, 3.63) is 54.2 Å². The van der Waals surface area contributed by atoms with Crippen LogP contribution in [0.5, 0.6) is 11.5 Å². The second-order valence-electron chi connectivity index (χ2n) is 12.5. The van der Waals surface area contributed by atoms with Crippen LogP contribution >= 0.6 is 0 Å². The first kappa shape index (κ1) is 32.6. The number of aromatic nitrogens is 1. The second-order valence-corrected chi connectivity index (χ2v) is 12.5. The van der Waals surface area contributed by atoms with Crippen molar-refractivity contribution in [3.8, 4) is 11.5 Å². The van der Waals surface area contributed by atoms with Crippen LogP contribution in [0.1, 0.15) is 45.1 Å². The van der Waals surface area contributed by atoms with Crippen molar-refractivity contribution in [1.29, 1.82) is 0 Å². The van der Waals surface area contributed by atoms with Crippen LogP contribution in [-0.4, -0.2) is 104 Å². The van der Waals surface area contributed by atoms with Gasteiger partial charge in [0.05, 0.1) is 26.4 Å². The lowest BCUT2D eigenvalue weighted by Crippen LogP contribution is -2.53. The lowest BCUT2D eigenvalue weighted by molar-refractivity contribution is -0.139. The first-order valence-corrected chi connectivity index (χ1v) is 16.3. The number of benzene rings is 2. The van der Waals surface area contributed by atoms with Gasteiger partial charge in [0.15, 0.2) is 11.5 Å². The van der Waals surface area contributed by atoms with E-state index in [4.69, 9.17) is 14.2 Å². The number of likely N-dealkylation sites (N-methyl/N-ethyl adjacent to an activating group) is 1. The number of urea groups is 1. The van der Waals surface area contributed by atoms with Crippen molar-refractivity contribution in [1.82, 2.24) is 19.3 Å². The Hall–Kier alpha value is -3.76. The molecule has 3 amide bonds. The average molecular weight is 620 g/mol. The van der Waals surface area contributed by atoms with Crippen molar-refractivity contribution in [2.75, 3.05) is 65.5 Å². The van der Waals surface area contributed by atoms with E-state index in [-0.39, 0.29) is 30.6 Å². The number of hydrogen-bond donors (Lipinski definition) is 0. The van der Waals surface area contributed by atoms with E-state index < -0.39 is 0 Å². The lowest BCUT2D eigenvalue weighted by atomic mass is 10.1. The van der Waals surface area contributed by atoms with Crippen LogP contribution in [-0.2, 0) is 22.6 Å². The molecule has 0 spiro atoms. The van der Waals surface area contributed by atoms with Crippen molar-refractivity contribution in [2.45, 2.75) is 64.8 Å². The van der Waals surface area contributed by atoms with Gasteiger partial charge in [0.1, 0.15) is 6.54 Å². The summed E-state index contributed by atoms with van der Waals surface area (Å²) in [6, 6.07) is 14.0. The molecule has 2 fully saturated rings. The molecular weight excluding hydrogens is 570 g/mol. The zero-order valence-corrected chi connectivity index (χ0v) is 27.5. The van der Waals surface area contributed by atoms with Crippen LogP contribution in [0.25, 0.3) is 10.9 Å². The highest BCUT2D eigenvalue weighted by Gasteiger charge is 2.33. The third-order valence-electron chi connectivity index (χ3n) is 8.85. The summed E-state index contributed by atoms with van der Waals surface area (Å²) in [5, 5.41) is 1.06. The van der Waals surface area contributed by atoms with Gasteiger partial charge < -0.3 is 33.5 Å². The number of rotatable bonds is 13. The molecule has 3 heterocycles. The monoisotopic (exact) mass is 619 g/mol. The van der Waals surface area contributed by atoms with Crippen molar-refractivity contribution in [2.24, 2.45) is 0 Å². The van der Waals surface area contributed by atoms with Crippen molar-refractivity contribution in [3.63, 3.8) is 0 Å². The van der Waals surface area contributed by atoms with Crippen molar-refractivity contribution < 1.29 is 23.8 Å². The number of methoxy groups -OCH3 is 1. The second kappa shape index (κ2) is 15.0. The van der Waals surface area contributed by atoms with E-state index in [2.05, 4.69) is 30.9 Å². The first-order valence-electron chi connectivity index (χ1n) is 16.3. The molecule has 2 aliphatic rings. The SMILES string of the molecule is CCCCCOc1cc(N2CC[C@@H](C)N(Cc3cccc4c3ccn4CC(=O)N3CCOC(CN(C)C)C3)C2=O)ccc1OC. The quantitative estimate of drug-likeness (QED) is 0.244. The number of nitrogens with zero attached hydrogens (tertiary/aromatic N) is 5. The summed E-state index contributed by atoms with van der Waals surface area (Å²) >= 11 is 0. The maximum atomic E-state index is 14.0. The zero-order chi connectivity index (χ0) is 31.9. The Bertz CT molecular complexity index is 1460. The molecule has 0 bridgehead atoms. The predicted octanol–water partition coefficient (Wildman–Crippen LogP) is 5.23. The molecule has 244 valence electrons. The molecule has 2 atom stereocenters. The molecule has 2 saturated heterocycles. The molecule has 10 nitrogen and oxygen atoms in total.